The zero-order chi connectivity index (χ0) is 27.8. The average Bonchev–Trinajstić information content (AvgIpc) is 3.73. The number of carbonyl (C=O) groups is 1. The molecule has 3 aliphatic rings. The molecule has 2 aromatic rings. The number of likely N-dealkylation sites (tertiary alicyclic amines) is 1. The van der Waals surface area contributed by atoms with E-state index >= 15 is 0 Å². The Morgan fingerprint density at radius 1 is 1.13 bits per heavy atom. The highest BCUT2D eigenvalue weighted by atomic mass is 35.5. The van der Waals surface area contributed by atoms with Gasteiger partial charge in [0.25, 0.3) is 0 Å². The van der Waals surface area contributed by atoms with Crippen molar-refractivity contribution in [1.29, 1.82) is 0 Å². The molecule has 2 aliphatic carbocycles. The molecular weight excluding hydrogens is 531 g/mol. The van der Waals surface area contributed by atoms with Crippen LogP contribution in [-0.4, -0.2) is 65.7 Å². The summed E-state index contributed by atoms with van der Waals surface area (Å²) in [5.74, 6) is 2.03. The number of aliphatic hydroxyl groups is 1. The summed E-state index contributed by atoms with van der Waals surface area (Å²) >= 11 is 12.4. The third kappa shape index (κ3) is 6.12. The maximum Gasteiger partial charge on any atom is 0.227 e. The van der Waals surface area contributed by atoms with E-state index in [0.717, 1.165) is 55.1 Å². The van der Waals surface area contributed by atoms with Crippen molar-refractivity contribution in [2.45, 2.75) is 75.9 Å². The summed E-state index contributed by atoms with van der Waals surface area (Å²) in [5, 5.41) is 13.4. The summed E-state index contributed by atoms with van der Waals surface area (Å²) in [5.41, 5.74) is 0.705. The summed E-state index contributed by atoms with van der Waals surface area (Å²) < 4.78 is 5.61. The van der Waals surface area contributed by atoms with Crippen LogP contribution in [0.3, 0.4) is 0 Å². The van der Waals surface area contributed by atoms with Gasteiger partial charge < -0.3 is 19.6 Å². The van der Waals surface area contributed by atoms with Crippen molar-refractivity contribution in [2.75, 3.05) is 33.3 Å². The van der Waals surface area contributed by atoms with Gasteiger partial charge in [-0.3, -0.25) is 4.79 Å². The Morgan fingerprint density at radius 2 is 1.92 bits per heavy atom. The minimum absolute atomic E-state index is 0.0455. The molecule has 2 saturated carbocycles. The molecule has 5 rings (SSSR count). The Hall–Kier alpha value is -1.79. The van der Waals surface area contributed by atoms with Gasteiger partial charge >= 0.3 is 0 Å². The van der Waals surface area contributed by atoms with Crippen LogP contribution in [0.2, 0.25) is 10.0 Å². The number of piperidine rings is 1. The molecule has 0 bridgehead atoms. The van der Waals surface area contributed by atoms with Crippen LogP contribution in [0.25, 0.3) is 0 Å². The second kappa shape index (κ2) is 11.6. The first-order valence-electron chi connectivity index (χ1n) is 14.4. The van der Waals surface area contributed by atoms with Gasteiger partial charge in [-0.15, -0.1) is 0 Å². The first kappa shape index (κ1) is 28.7. The minimum Gasteiger partial charge on any atom is -0.497 e. The van der Waals surface area contributed by atoms with E-state index < -0.39 is 11.0 Å². The normalized spacial score (nSPS) is 27.3. The summed E-state index contributed by atoms with van der Waals surface area (Å²) in [6, 6.07) is 13.7. The molecule has 1 heterocycles. The van der Waals surface area contributed by atoms with Crippen LogP contribution < -0.4 is 4.74 Å². The number of halogens is 2. The van der Waals surface area contributed by atoms with Crippen LogP contribution in [0.5, 0.6) is 5.75 Å². The van der Waals surface area contributed by atoms with E-state index in [1.165, 1.54) is 12.8 Å². The van der Waals surface area contributed by atoms with E-state index in [2.05, 4.69) is 35.8 Å². The van der Waals surface area contributed by atoms with E-state index in [1.807, 2.05) is 18.2 Å². The average molecular weight is 574 g/mol. The van der Waals surface area contributed by atoms with Crippen LogP contribution >= 0.6 is 23.2 Å². The Morgan fingerprint density at radius 3 is 2.62 bits per heavy atom. The van der Waals surface area contributed by atoms with Crippen LogP contribution in [-0.2, 0) is 16.6 Å². The molecule has 3 fully saturated rings. The lowest BCUT2D eigenvalue weighted by Crippen LogP contribution is -2.67. The lowest BCUT2D eigenvalue weighted by Gasteiger charge is -2.59. The van der Waals surface area contributed by atoms with Crippen molar-refractivity contribution in [3.63, 3.8) is 0 Å². The van der Waals surface area contributed by atoms with Crippen LogP contribution in [0.15, 0.2) is 42.5 Å². The third-order valence-corrected chi connectivity index (χ3v) is 9.94. The van der Waals surface area contributed by atoms with Crippen molar-refractivity contribution in [2.24, 2.45) is 11.8 Å². The van der Waals surface area contributed by atoms with Gasteiger partial charge in [0.2, 0.25) is 5.91 Å². The molecule has 39 heavy (non-hydrogen) atoms. The summed E-state index contributed by atoms with van der Waals surface area (Å²) in [6.45, 7) is 7.74. The second-order valence-electron chi connectivity index (χ2n) is 12.5. The van der Waals surface area contributed by atoms with Gasteiger partial charge in [-0.05, 0) is 92.3 Å². The van der Waals surface area contributed by atoms with Crippen LogP contribution in [0.1, 0.15) is 63.5 Å². The quantitative estimate of drug-likeness (QED) is 0.379. The molecule has 1 N–H and O–H groups in total. The van der Waals surface area contributed by atoms with Crippen molar-refractivity contribution in [1.82, 2.24) is 9.80 Å². The van der Waals surface area contributed by atoms with Crippen LogP contribution in [0.4, 0.5) is 0 Å². The lowest BCUT2D eigenvalue weighted by atomic mass is 9.55. The van der Waals surface area contributed by atoms with E-state index in [0.29, 0.717) is 35.5 Å². The smallest absolute Gasteiger partial charge is 0.227 e. The molecule has 0 aromatic heterocycles. The minimum atomic E-state index is -0.848. The molecule has 7 heteroatoms. The highest BCUT2D eigenvalue weighted by molar-refractivity contribution is 6.42. The number of rotatable bonds is 9. The Balaban J connectivity index is 1.45. The molecule has 1 aliphatic heterocycles. The van der Waals surface area contributed by atoms with E-state index in [1.54, 1.807) is 19.2 Å². The van der Waals surface area contributed by atoms with Gasteiger partial charge in [-0.25, -0.2) is 0 Å². The zero-order valence-corrected chi connectivity index (χ0v) is 25.0. The number of β-amino-alcohol motifs (C(OH)–C–C–N with tert-alkyl or cyclic N) is 1. The van der Waals surface area contributed by atoms with Gasteiger partial charge in [0, 0.05) is 31.1 Å². The van der Waals surface area contributed by atoms with Gasteiger partial charge in [-0.2, -0.15) is 0 Å². The molecule has 0 radical (unpaired) electrons. The molecule has 1 saturated heterocycles. The topological polar surface area (TPSA) is 53.0 Å². The molecule has 2 aromatic carbocycles. The number of hydrogen-bond donors (Lipinski definition) is 1. The van der Waals surface area contributed by atoms with Gasteiger partial charge in [0.05, 0.1) is 29.2 Å². The Kier molecular flexibility index (Phi) is 8.54. The maximum absolute atomic E-state index is 13.9. The zero-order valence-electron chi connectivity index (χ0n) is 23.5. The summed E-state index contributed by atoms with van der Waals surface area (Å²) in [7, 11) is 1.69. The third-order valence-electron chi connectivity index (χ3n) is 9.20. The van der Waals surface area contributed by atoms with E-state index in [4.69, 9.17) is 27.9 Å². The SMILES string of the molecule is COc1cccc([C@@]23CCN(CC4CC4)C[C@@]2(O)CC[C@H](N(CC(C)C)C(=O)Cc2ccc(Cl)c(Cl)c2)C3)c1. The number of fused-ring (bicyclic) bond motifs is 1. The van der Waals surface area contributed by atoms with Crippen molar-refractivity contribution >= 4 is 29.1 Å². The number of benzene rings is 2. The number of hydrogen-bond acceptors (Lipinski definition) is 4. The van der Waals surface area contributed by atoms with Gasteiger partial charge in [0.1, 0.15) is 5.75 Å². The fourth-order valence-electron chi connectivity index (χ4n) is 7.01. The van der Waals surface area contributed by atoms with Gasteiger partial charge in [-0.1, -0.05) is 55.2 Å². The largest absolute Gasteiger partial charge is 0.497 e. The standard InChI is InChI=1S/C32H42Cl2N2O3/c1-22(2)19-36(30(37)16-24-9-10-28(33)29(34)15-24)26-11-12-32(38)21-35(20-23-7-8-23)14-13-31(32,18-26)25-5-4-6-27(17-25)39-3/h4-6,9-10,15,17,22-23,26,38H,7-8,11-14,16,18-21H2,1-3H3/t26-,31-,32-/m0/s1. The fraction of sp³-hybridized carbons (Fsp3) is 0.594. The highest BCUT2D eigenvalue weighted by Crippen LogP contribution is 2.53. The molecule has 0 unspecified atom stereocenters. The number of methoxy groups -OCH3 is 1. The number of carbonyl (C=O) groups excluding carboxylic acids is 1. The van der Waals surface area contributed by atoms with E-state index in [9.17, 15) is 9.90 Å². The summed E-state index contributed by atoms with van der Waals surface area (Å²) in [6.07, 6.45) is 5.98. The number of amides is 1. The molecular formula is C32H42Cl2N2O3. The van der Waals surface area contributed by atoms with Crippen LogP contribution in [0, 0.1) is 11.8 Å². The van der Waals surface area contributed by atoms with Crippen molar-refractivity contribution < 1.29 is 14.6 Å². The second-order valence-corrected chi connectivity index (χ2v) is 13.4. The predicted molar refractivity (Wildman–Crippen MR) is 158 cm³/mol. The molecule has 1 amide bonds. The molecule has 0 spiro atoms. The number of nitrogens with zero attached hydrogens (tertiary/aromatic N) is 2. The van der Waals surface area contributed by atoms with E-state index in [-0.39, 0.29) is 18.4 Å². The maximum atomic E-state index is 13.9. The fourth-order valence-corrected chi connectivity index (χ4v) is 7.34. The van der Waals surface area contributed by atoms with Crippen molar-refractivity contribution in [3.8, 4) is 5.75 Å². The highest BCUT2D eigenvalue weighted by Gasteiger charge is 2.58. The monoisotopic (exact) mass is 572 g/mol. The molecule has 3 atom stereocenters. The lowest BCUT2D eigenvalue weighted by molar-refractivity contribution is -0.150. The molecule has 5 nitrogen and oxygen atoms in total. The Bertz CT molecular complexity index is 1190. The molecule has 212 valence electrons. The van der Waals surface area contributed by atoms with Gasteiger partial charge in [0.15, 0.2) is 0 Å². The number of ether oxygens (including phenoxy) is 1. The summed E-state index contributed by atoms with van der Waals surface area (Å²) in [4.78, 5) is 18.4. The predicted octanol–water partition coefficient (Wildman–Crippen LogP) is 6.37. The van der Waals surface area contributed by atoms with Crippen molar-refractivity contribution in [3.05, 3.63) is 63.6 Å². The first-order chi connectivity index (χ1) is 18.6. The Labute approximate surface area is 243 Å². The first-order valence-corrected chi connectivity index (χ1v) is 15.2.